The van der Waals surface area contributed by atoms with E-state index in [4.69, 9.17) is 4.74 Å². The molecule has 25 heavy (non-hydrogen) atoms. The number of carbonyl (C=O) groups excluding carboxylic acids is 1. The van der Waals surface area contributed by atoms with Crippen molar-refractivity contribution >= 4 is 5.91 Å². The molecule has 0 N–H and O–H groups in total. The molecule has 1 aliphatic rings. The molecule has 132 valence electrons. The average Bonchev–Trinajstić information content (AvgIpc) is 3.07. The maximum absolute atomic E-state index is 14.1. The number of hydrogen-bond acceptors (Lipinski definition) is 6. The van der Waals surface area contributed by atoms with Crippen molar-refractivity contribution in [3.8, 4) is 5.88 Å². The van der Waals surface area contributed by atoms with Gasteiger partial charge in [-0.1, -0.05) is 6.92 Å². The zero-order chi connectivity index (χ0) is 17.8. The summed E-state index contributed by atoms with van der Waals surface area (Å²) in [5, 5.41) is 3.87. The van der Waals surface area contributed by atoms with Gasteiger partial charge in [0.25, 0.3) is 11.4 Å². The van der Waals surface area contributed by atoms with E-state index in [-0.39, 0.29) is 30.0 Å². The number of carbonyl (C=O) groups is 1. The predicted molar refractivity (Wildman–Crippen MR) is 85.5 cm³/mol. The summed E-state index contributed by atoms with van der Waals surface area (Å²) in [7, 11) is 0. The Balaban J connectivity index is 1.61. The van der Waals surface area contributed by atoms with E-state index in [1.54, 1.807) is 11.8 Å². The van der Waals surface area contributed by atoms with Gasteiger partial charge >= 0.3 is 0 Å². The molecule has 0 bridgehead atoms. The minimum atomic E-state index is -0.560. The van der Waals surface area contributed by atoms with E-state index in [0.29, 0.717) is 31.6 Å². The lowest BCUT2D eigenvalue weighted by molar-refractivity contribution is -0.131. The van der Waals surface area contributed by atoms with Crippen LogP contribution in [0.4, 0.5) is 4.39 Å². The van der Waals surface area contributed by atoms with Gasteiger partial charge in [-0.15, -0.1) is 0 Å². The summed E-state index contributed by atoms with van der Waals surface area (Å²) in [5.41, 5.74) is -0.0385. The fraction of sp³-hybridized carbons (Fsp3) is 0.438. The highest BCUT2D eigenvalue weighted by molar-refractivity contribution is 5.76. The van der Waals surface area contributed by atoms with Crippen LogP contribution in [0, 0.1) is 5.82 Å². The van der Waals surface area contributed by atoms with Crippen molar-refractivity contribution in [3.63, 3.8) is 0 Å². The first kappa shape index (κ1) is 17.0. The van der Waals surface area contributed by atoms with Crippen molar-refractivity contribution in [1.29, 1.82) is 0 Å². The molecule has 2 aromatic heterocycles. The highest BCUT2D eigenvalue weighted by Crippen LogP contribution is 2.21. The monoisotopic (exact) mass is 347 g/mol. The van der Waals surface area contributed by atoms with Crippen molar-refractivity contribution in [3.05, 3.63) is 46.5 Å². The summed E-state index contributed by atoms with van der Waals surface area (Å²) >= 11 is 0. The number of aromatic nitrogens is 4. The molecule has 3 rings (SSSR count). The maximum Gasteiger partial charge on any atom is 0.267 e. The third kappa shape index (κ3) is 3.81. The molecule has 1 amide bonds. The van der Waals surface area contributed by atoms with Crippen LogP contribution in [-0.4, -0.2) is 49.7 Å². The molecule has 0 spiro atoms. The third-order valence-corrected chi connectivity index (χ3v) is 4.01. The van der Waals surface area contributed by atoms with Crippen LogP contribution in [0.2, 0.25) is 0 Å². The second-order valence-corrected chi connectivity index (χ2v) is 5.68. The van der Waals surface area contributed by atoms with E-state index in [9.17, 15) is 14.0 Å². The molecular formula is C16H18FN5O3. The Morgan fingerprint density at radius 1 is 1.44 bits per heavy atom. The molecule has 2 aromatic rings. The Morgan fingerprint density at radius 3 is 3.04 bits per heavy atom. The summed E-state index contributed by atoms with van der Waals surface area (Å²) in [6.07, 6.45) is 3.38. The van der Waals surface area contributed by atoms with Crippen LogP contribution in [-0.2, 0) is 17.8 Å². The zero-order valence-electron chi connectivity index (χ0n) is 13.8. The van der Waals surface area contributed by atoms with E-state index >= 15 is 0 Å². The average molecular weight is 347 g/mol. The van der Waals surface area contributed by atoms with Crippen LogP contribution in [0.3, 0.4) is 0 Å². The van der Waals surface area contributed by atoms with E-state index < -0.39 is 5.82 Å². The number of likely N-dealkylation sites (tertiary alicyclic amines) is 1. The normalized spacial score (nSPS) is 16.9. The van der Waals surface area contributed by atoms with Gasteiger partial charge in [-0.05, 0) is 12.5 Å². The fourth-order valence-electron chi connectivity index (χ4n) is 2.66. The highest BCUT2D eigenvalue weighted by atomic mass is 19.1. The molecule has 1 fully saturated rings. The van der Waals surface area contributed by atoms with Gasteiger partial charge in [0.1, 0.15) is 19.0 Å². The fourth-order valence-corrected chi connectivity index (χ4v) is 2.66. The number of hydrogen-bond donors (Lipinski definition) is 0. The van der Waals surface area contributed by atoms with E-state index in [1.165, 1.54) is 24.7 Å². The molecule has 0 aromatic carbocycles. The minimum absolute atomic E-state index is 0.0907. The molecule has 0 radical (unpaired) electrons. The number of ether oxygens (including phenoxy) is 1. The summed E-state index contributed by atoms with van der Waals surface area (Å²) < 4.78 is 20.8. The van der Waals surface area contributed by atoms with Gasteiger partial charge < -0.3 is 9.64 Å². The van der Waals surface area contributed by atoms with E-state index in [1.807, 2.05) is 0 Å². The topological polar surface area (TPSA) is 90.2 Å². The molecule has 0 saturated carbocycles. The Hall–Kier alpha value is -2.84. The van der Waals surface area contributed by atoms with E-state index in [0.717, 1.165) is 4.68 Å². The maximum atomic E-state index is 14.1. The molecule has 1 atom stereocenters. The Kier molecular flexibility index (Phi) is 5.01. The van der Waals surface area contributed by atoms with Gasteiger partial charge in [-0.3, -0.25) is 9.59 Å². The van der Waals surface area contributed by atoms with Crippen molar-refractivity contribution in [2.75, 3.05) is 13.1 Å². The quantitative estimate of drug-likeness (QED) is 0.778. The smallest absolute Gasteiger partial charge is 0.267 e. The summed E-state index contributed by atoms with van der Waals surface area (Å²) in [4.78, 5) is 33.2. The van der Waals surface area contributed by atoms with E-state index in [2.05, 4.69) is 15.1 Å². The molecule has 3 heterocycles. The van der Waals surface area contributed by atoms with Crippen LogP contribution < -0.4 is 10.3 Å². The number of halogens is 1. The first-order valence-corrected chi connectivity index (χ1v) is 8.04. The SMILES string of the molecule is CCc1ncnc(OC2CCN(C(=O)Cn3ncccc3=O)C2)c1F. The Bertz CT molecular complexity index is 825. The van der Waals surface area contributed by atoms with Gasteiger partial charge in [0, 0.05) is 25.2 Å². The summed E-state index contributed by atoms with van der Waals surface area (Å²) in [6, 6.07) is 2.86. The number of amides is 1. The van der Waals surface area contributed by atoms with Crippen LogP contribution in [0.15, 0.2) is 29.5 Å². The lowest BCUT2D eigenvalue weighted by atomic mass is 10.3. The van der Waals surface area contributed by atoms with Crippen molar-refractivity contribution in [2.45, 2.75) is 32.4 Å². The molecule has 1 unspecified atom stereocenters. The molecule has 0 aliphatic carbocycles. The van der Waals surface area contributed by atoms with Crippen LogP contribution in [0.5, 0.6) is 5.88 Å². The van der Waals surface area contributed by atoms with Crippen molar-refractivity contribution in [2.24, 2.45) is 0 Å². The second kappa shape index (κ2) is 7.37. The number of rotatable bonds is 5. The first-order valence-electron chi connectivity index (χ1n) is 8.04. The molecule has 9 heteroatoms. The summed E-state index contributed by atoms with van der Waals surface area (Å²) in [5.74, 6) is -0.883. The Morgan fingerprint density at radius 2 is 2.28 bits per heavy atom. The van der Waals surface area contributed by atoms with Crippen LogP contribution in [0.1, 0.15) is 19.0 Å². The largest absolute Gasteiger partial charge is 0.470 e. The standard InChI is InChI=1S/C16H18FN5O3/c1-2-12-15(17)16(19-10-18-12)25-11-5-7-21(8-11)14(24)9-22-13(23)4-3-6-20-22/h3-4,6,10-11H,2,5,7-9H2,1H3. The summed E-state index contributed by atoms with van der Waals surface area (Å²) in [6.45, 7) is 2.45. The molecule has 1 saturated heterocycles. The van der Waals surface area contributed by atoms with Gasteiger partial charge in [0.2, 0.25) is 11.7 Å². The third-order valence-electron chi connectivity index (χ3n) is 4.01. The van der Waals surface area contributed by atoms with Crippen molar-refractivity contribution < 1.29 is 13.9 Å². The number of aryl methyl sites for hydroxylation is 1. The first-order chi connectivity index (χ1) is 12.1. The van der Waals surface area contributed by atoms with Gasteiger partial charge in [0.05, 0.1) is 12.2 Å². The zero-order valence-corrected chi connectivity index (χ0v) is 13.8. The van der Waals surface area contributed by atoms with Gasteiger partial charge in [0.15, 0.2) is 0 Å². The van der Waals surface area contributed by atoms with Gasteiger partial charge in [-0.2, -0.15) is 14.5 Å². The second-order valence-electron chi connectivity index (χ2n) is 5.68. The Labute approximate surface area is 143 Å². The minimum Gasteiger partial charge on any atom is -0.470 e. The number of nitrogens with zero attached hydrogens (tertiary/aromatic N) is 5. The lowest BCUT2D eigenvalue weighted by Crippen LogP contribution is -2.36. The molecule has 1 aliphatic heterocycles. The van der Waals surface area contributed by atoms with Crippen LogP contribution >= 0.6 is 0 Å². The van der Waals surface area contributed by atoms with Crippen molar-refractivity contribution in [1.82, 2.24) is 24.6 Å². The lowest BCUT2D eigenvalue weighted by Gasteiger charge is -2.17. The van der Waals surface area contributed by atoms with Gasteiger partial charge in [-0.25, -0.2) is 9.67 Å². The molecular weight excluding hydrogens is 329 g/mol. The highest BCUT2D eigenvalue weighted by Gasteiger charge is 2.29. The molecule has 8 nitrogen and oxygen atoms in total. The van der Waals surface area contributed by atoms with Crippen LogP contribution in [0.25, 0.3) is 0 Å². The predicted octanol–water partition coefficient (Wildman–Crippen LogP) is 0.415.